The molecule has 0 fully saturated rings. The predicted molar refractivity (Wildman–Crippen MR) is 293 cm³/mol. The number of unbranched alkanes of at least 4 members (excludes halogenated alkanes) is 29. The number of hydrogen-bond donors (Lipinski definition) is 0. The van der Waals surface area contributed by atoms with Gasteiger partial charge < -0.3 is 14.2 Å². The molecule has 68 heavy (non-hydrogen) atoms. The first kappa shape index (κ1) is 64.8. The van der Waals surface area contributed by atoms with Gasteiger partial charge >= 0.3 is 17.9 Å². The number of allylic oxidation sites excluding steroid dienone is 12. The first-order valence-corrected chi connectivity index (χ1v) is 28.9. The third-order valence-electron chi connectivity index (χ3n) is 12.4. The molecule has 0 saturated heterocycles. The van der Waals surface area contributed by atoms with Crippen molar-refractivity contribution < 1.29 is 28.6 Å². The minimum Gasteiger partial charge on any atom is -0.462 e. The Morgan fingerprint density at radius 3 is 0.912 bits per heavy atom. The van der Waals surface area contributed by atoms with Crippen LogP contribution in [0, 0.1) is 0 Å². The van der Waals surface area contributed by atoms with E-state index in [1.54, 1.807) is 0 Å². The topological polar surface area (TPSA) is 78.9 Å². The summed E-state index contributed by atoms with van der Waals surface area (Å²) >= 11 is 0. The fourth-order valence-corrected chi connectivity index (χ4v) is 8.11. The van der Waals surface area contributed by atoms with Crippen molar-refractivity contribution in [3.63, 3.8) is 0 Å². The van der Waals surface area contributed by atoms with Crippen LogP contribution in [0.5, 0.6) is 0 Å². The van der Waals surface area contributed by atoms with Crippen LogP contribution >= 0.6 is 0 Å². The molecule has 0 heterocycles. The zero-order valence-electron chi connectivity index (χ0n) is 44.9. The van der Waals surface area contributed by atoms with Gasteiger partial charge in [-0.25, -0.2) is 0 Å². The normalized spacial score (nSPS) is 12.6. The van der Waals surface area contributed by atoms with Crippen molar-refractivity contribution in [2.75, 3.05) is 13.2 Å². The number of esters is 3. The van der Waals surface area contributed by atoms with Gasteiger partial charge in [0.2, 0.25) is 0 Å². The van der Waals surface area contributed by atoms with Crippen LogP contribution in [0.1, 0.15) is 284 Å². The highest BCUT2D eigenvalue weighted by Gasteiger charge is 2.19. The molecule has 0 radical (unpaired) electrons. The summed E-state index contributed by atoms with van der Waals surface area (Å²) in [5.74, 6) is -0.884. The van der Waals surface area contributed by atoms with Crippen LogP contribution in [0.2, 0.25) is 0 Å². The molecule has 392 valence electrons. The summed E-state index contributed by atoms with van der Waals surface area (Å²) in [7, 11) is 0. The number of rotatable bonds is 52. The van der Waals surface area contributed by atoms with Gasteiger partial charge in [-0.1, -0.05) is 248 Å². The zero-order valence-corrected chi connectivity index (χ0v) is 44.9. The highest BCUT2D eigenvalue weighted by molar-refractivity contribution is 5.71. The fraction of sp³-hybridized carbons (Fsp3) is 0.758. The van der Waals surface area contributed by atoms with Crippen LogP contribution in [0.15, 0.2) is 72.9 Å². The van der Waals surface area contributed by atoms with E-state index in [2.05, 4.69) is 93.7 Å². The maximum absolute atomic E-state index is 12.8. The van der Waals surface area contributed by atoms with Crippen LogP contribution in [0.25, 0.3) is 0 Å². The molecular formula is C62H108O6. The molecule has 6 heteroatoms. The highest BCUT2D eigenvalue weighted by Crippen LogP contribution is 2.15. The van der Waals surface area contributed by atoms with Gasteiger partial charge in [0, 0.05) is 19.3 Å². The SMILES string of the molecule is CC/C=C\C/C=C\C/C=C\C/C=C\C/C=C\CCCCCCCCCCCC(=O)OCC(COC(=O)CCCCCCCCCC)OC(=O)CCCCCCCCC/C=C\CCCCCCCC. The van der Waals surface area contributed by atoms with Crippen LogP contribution in [0.3, 0.4) is 0 Å². The van der Waals surface area contributed by atoms with E-state index in [0.29, 0.717) is 19.3 Å². The monoisotopic (exact) mass is 949 g/mol. The quantitative estimate of drug-likeness (QED) is 0.0262. The van der Waals surface area contributed by atoms with Gasteiger partial charge in [0.05, 0.1) is 0 Å². The molecule has 0 spiro atoms. The van der Waals surface area contributed by atoms with Gasteiger partial charge in [-0.15, -0.1) is 0 Å². The summed E-state index contributed by atoms with van der Waals surface area (Å²) in [6, 6.07) is 0. The molecule has 0 aromatic rings. The van der Waals surface area contributed by atoms with Crippen molar-refractivity contribution in [2.45, 2.75) is 290 Å². The summed E-state index contributed by atoms with van der Waals surface area (Å²) in [6.07, 6.45) is 71.9. The van der Waals surface area contributed by atoms with E-state index in [0.717, 1.165) is 96.3 Å². The van der Waals surface area contributed by atoms with Crippen LogP contribution in [-0.4, -0.2) is 37.2 Å². The molecule has 1 atom stereocenters. The van der Waals surface area contributed by atoms with E-state index >= 15 is 0 Å². The van der Waals surface area contributed by atoms with Gasteiger partial charge in [0.15, 0.2) is 6.10 Å². The molecule has 0 aliphatic carbocycles. The molecule has 0 rings (SSSR count). The summed E-state index contributed by atoms with van der Waals surface area (Å²) in [5, 5.41) is 0. The Hall–Kier alpha value is -3.15. The zero-order chi connectivity index (χ0) is 49.3. The van der Waals surface area contributed by atoms with Crippen molar-refractivity contribution in [1.82, 2.24) is 0 Å². The molecule has 0 amide bonds. The average molecular weight is 950 g/mol. The third kappa shape index (κ3) is 53.8. The molecule has 0 aliphatic rings. The van der Waals surface area contributed by atoms with Gasteiger partial charge in [0.25, 0.3) is 0 Å². The van der Waals surface area contributed by atoms with Crippen molar-refractivity contribution >= 4 is 17.9 Å². The molecular weight excluding hydrogens is 841 g/mol. The minimum absolute atomic E-state index is 0.0769. The maximum Gasteiger partial charge on any atom is 0.306 e. The third-order valence-corrected chi connectivity index (χ3v) is 12.4. The predicted octanol–water partition coefficient (Wildman–Crippen LogP) is 19.4. The lowest BCUT2D eigenvalue weighted by atomic mass is 10.1. The Bertz CT molecular complexity index is 1270. The first-order valence-electron chi connectivity index (χ1n) is 28.9. The second-order valence-electron chi connectivity index (χ2n) is 19.2. The number of carbonyl (C=O) groups excluding carboxylic acids is 3. The number of hydrogen-bond acceptors (Lipinski definition) is 6. The lowest BCUT2D eigenvalue weighted by Gasteiger charge is -2.18. The largest absolute Gasteiger partial charge is 0.462 e. The highest BCUT2D eigenvalue weighted by atomic mass is 16.6. The van der Waals surface area contributed by atoms with E-state index in [1.807, 2.05) is 0 Å². The summed E-state index contributed by atoms with van der Waals surface area (Å²) in [4.78, 5) is 38.0. The molecule has 0 bridgehead atoms. The minimum atomic E-state index is -0.777. The maximum atomic E-state index is 12.8. The van der Waals surface area contributed by atoms with Crippen LogP contribution in [-0.2, 0) is 28.6 Å². The number of ether oxygens (including phenoxy) is 3. The van der Waals surface area contributed by atoms with E-state index < -0.39 is 6.10 Å². The molecule has 1 unspecified atom stereocenters. The average Bonchev–Trinajstić information content (AvgIpc) is 3.34. The Morgan fingerprint density at radius 2 is 0.574 bits per heavy atom. The van der Waals surface area contributed by atoms with Crippen molar-refractivity contribution in [1.29, 1.82) is 0 Å². The van der Waals surface area contributed by atoms with E-state index in [4.69, 9.17) is 14.2 Å². The Labute approximate surface area is 421 Å². The standard InChI is InChI=1S/C62H108O6/c1-4-7-10-13-16-19-21-23-25-27-28-29-30-31-32-33-34-36-37-39-41-43-46-49-52-55-61(64)67-58-59(57-66-60(63)54-51-48-45-18-15-12-9-6-3)68-62(65)56-53-50-47-44-42-40-38-35-26-24-22-20-17-14-11-8-5-2/h7,10,16,19,23-26,28-29,31-32,59H,4-6,8-9,11-15,17-18,20-22,27,30,33-58H2,1-3H3/b10-7-,19-16-,25-23-,26-24-,29-28-,32-31-. The Morgan fingerprint density at radius 1 is 0.309 bits per heavy atom. The van der Waals surface area contributed by atoms with Crippen molar-refractivity contribution in [3.8, 4) is 0 Å². The van der Waals surface area contributed by atoms with Crippen molar-refractivity contribution in [3.05, 3.63) is 72.9 Å². The lowest BCUT2D eigenvalue weighted by molar-refractivity contribution is -0.167. The molecule has 0 aliphatic heterocycles. The molecule has 0 saturated carbocycles. The van der Waals surface area contributed by atoms with E-state index in [1.165, 1.54) is 148 Å². The molecule has 6 nitrogen and oxygen atoms in total. The summed E-state index contributed by atoms with van der Waals surface area (Å²) in [6.45, 7) is 6.50. The molecule has 0 aromatic heterocycles. The number of carbonyl (C=O) groups is 3. The van der Waals surface area contributed by atoms with Gasteiger partial charge in [-0.3, -0.25) is 14.4 Å². The molecule has 0 N–H and O–H groups in total. The second kappa shape index (κ2) is 56.4. The summed E-state index contributed by atoms with van der Waals surface area (Å²) < 4.78 is 16.8. The van der Waals surface area contributed by atoms with Gasteiger partial charge in [-0.2, -0.15) is 0 Å². The van der Waals surface area contributed by atoms with Gasteiger partial charge in [-0.05, 0) is 89.9 Å². The smallest absolute Gasteiger partial charge is 0.306 e. The van der Waals surface area contributed by atoms with Crippen LogP contribution < -0.4 is 0 Å². The van der Waals surface area contributed by atoms with Crippen molar-refractivity contribution in [2.24, 2.45) is 0 Å². The second-order valence-corrected chi connectivity index (χ2v) is 19.2. The fourth-order valence-electron chi connectivity index (χ4n) is 8.11. The Kier molecular flexibility index (Phi) is 53.8. The lowest BCUT2D eigenvalue weighted by Crippen LogP contribution is -2.30. The van der Waals surface area contributed by atoms with Gasteiger partial charge in [0.1, 0.15) is 13.2 Å². The van der Waals surface area contributed by atoms with E-state index in [-0.39, 0.29) is 31.1 Å². The Balaban J connectivity index is 4.22. The summed E-state index contributed by atoms with van der Waals surface area (Å²) in [5.41, 5.74) is 0. The van der Waals surface area contributed by atoms with Crippen LogP contribution in [0.4, 0.5) is 0 Å². The molecule has 0 aromatic carbocycles. The van der Waals surface area contributed by atoms with E-state index in [9.17, 15) is 14.4 Å². The first-order chi connectivity index (χ1) is 33.5.